The number of nitrogens with one attached hydrogen (secondary N) is 3. The largest absolute Gasteiger partial charge is 0.432 e. The van der Waals surface area contributed by atoms with Crippen molar-refractivity contribution < 1.29 is 13.2 Å². The molecule has 1 aromatic heterocycles. The van der Waals surface area contributed by atoms with E-state index >= 15 is 0 Å². The number of nitrogens with zero attached hydrogens (tertiary/aromatic N) is 2. The molecule has 1 heterocycles. The van der Waals surface area contributed by atoms with Crippen LogP contribution in [0.5, 0.6) is 0 Å². The van der Waals surface area contributed by atoms with Crippen LogP contribution in [-0.2, 0) is 0 Å². The van der Waals surface area contributed by atoms with Crippen molar-refractivity contribution in [1.29, 1.82) is 5.41 Å². The van der Waals surface area contributed by atoms with Crippen LogP contribution in [0, 0.1) is 11.3 Å². The lowest BCUT2D eigenvalue weighted by Gasteiger charge is -2.11. The SMILES string of the molecule is CNc1cnc(N/C(=C\C(=N)C(F)(F)F)C2CC2)nc1. The van der Waals surface area contributed by atoms with Crippen molar-refractivity contribution >= 4 is 17.3 Å². The topological polar surface area (TPSA) is 73.7 Å². The molecule has 1 fully saturated rings. The van der Waals surface area contributed by atoms with Gasteiger partial charge < -0.3 is 10.6 Å². The van der Waals surface area contributed by atoms with E-state index in [4.69, 9.17) is 5.41 Å². The summed E-state index contributed by atoms with van der Waals surface area (Å²) in [6.07, 6.45) is 0.826. The highest BCUT2D eigenvalue weighted by molar-refractivity contribution is 5.97. The second-order valence-electron chi connectivity index (χ2n) is 4.46. The summed E-state index contributed by atoms with van der Waals surface area (Å²) in [5.74, 6) is 0.238. The van der Waals surface area contributed by atoms with Gasteiger partial charge >= 0.3 is 6.18 Å². The van der Waals surface area contributed by atoms with Gasteiger partial charge in [0, 0.05) is 12.7 Å². The molecule has 1 aliphatic carbocycles. The molecular weight excluding hydrogens is 271 g/mol. The molecule has 0 radical (unpaired) electrons. The number of hydrogen-bond donors (Lipinski definition) is 3. The van der Waals surface area contributed by atoms with Crippen LogP contribution < -0.4 is 10.6 Å². The lowest BCUT2D eigenvalue weighted by molar-refractivity contribution is -0.0584. The molecule has 8 heteroatoms. The van der Waals surface area contributed by atoms with Gasteiger partial charge in [-0.3, -0.25) is 5.41 Å². The molecule has 1 saturated carbocycles. The van der Waals surface area contributed by atoms with Crippen LogP contribution >= 0.6 is 0 Å². The summed E-state index contributed by atoms with van der Waals surface area (Å²) < 4.78 is 37.2. The minimum absolute atomic E-state index is 0.0188. The van der Waals surface area contributed by atoms with Crippen molar-refractivity contribution in [3.63, 3.8) is 0 Å². The highest BCUT2D eigenvalue weighted by atomic mass is 19.4. The number of anilines is 2. The molecule has 0 spiro atoms. The summed E-state index contributed by atoms with van der Waals surface area (Å²) in [6.45, 7) is 0. The predicted octanol–water partition coefficient (Wildman–Crippen LogP) is 2.81. The summed E-state index contributed by atoms with van der Waals surface area (Å²) in [5, 5.41) is 12.6. The molecule has 0 unspecified atom stereocenters. The minimum Gasteiger partial charge on any atom is -0.386 e. The van der Waals surface area contributed by atoms with Gasteiger partial charge in [0.15, 0.2) is 0 Å². The predicted molar refractivity (Wildman–Crippen MR) is 69.8 cm³/mol. The number of allylic oxidation sites excluding steroid dienone is 2. The highest BCUT2D eigenvalue weighted by Gasteiger charge is 2.35. The molecule has 5 nitrogen and oxygen atoms in total. The van der Waals surface area contributed by atoms with E-state index in [0.29, 0.717) is 11.4 Å². The standard InChI is InChI=1S/C12H14F3N5/c1-17-8-5-18-11(19-6-8)20-9(7-2-3-7)4-10(16)12(13,14)15/h4-7,16-17H,2-3H2,1H3,(H,18,19,20)/b9-4-,16-10?. The molecule has 0 aromatic carbocycles. The third-order valence-electron chi connectivity index (χ3n) is 2.82. The maximum absolute atomic E-state index is 12.4. The Kier molecular flexibility index (Phi) is 3.91. The van der Waals surface area contributed by atoms with Crippen LogP contribution in [0.3, 0.4) is 0 Å². The molecule has 108 valence electrons. The summed E-state index contributed by atoms with van der Waals surface area (Å²) in [7, 11) is 1.71. The zero-order valence-electron chi connectivity index (χ0n) is 10.8. The molecule has 0 saturated heterocycles. The van der Waals surface area contributed by atoms with Crippen molar-refractivity contribution in [2.45, 2.75) is 19.0 Å². The van der Waals surface area contributed by atoms with Gasteiger partial charge in [-0.1, -0.05) is 0 Å². The average Bonchev–Trinajstić information content (AvgIpc) is 3.22. The lowest BCUT2D eigenvalue weighted by atomic mass is 10.2. The van der Waals surface area contributed by atoms with Gasteiger partial charge in [-0.15, -0.1) is 0 Å². The first-order valence-corrected chi connectivity index (χ1v) is 6.04. The molecule has 0 aliphatic heterocycles. The van der Waals surface area contributed by atoms with Crippen molar-refractivity contribution in [2.24, 2.45) is 5.92 Å². The molecule has 20 heavy (non-hydrogen) atoms. The molecule has 0 amide bonds. The first-order chi connectivity index (χ1) is 9.40. The Morgan fingerprint density at radius 2 is 1.95 bits per heavy atom. The van der Waals surface area contributed by atoms with Crippen molar-refractivity contribution in [2.75, 3.05) is 17.7 Å². The molecule has 0 atom stereocenters. The van der Waals surface area contributed by atoms with Gasteiger partial charge in [0.25, 0.3) is 0 Å². The summed E-state index contributed by atoms with van der Waals surface area (Å²) in [5.41, 5.74) is -0.334. The van der Waals surface area contributed by atoms with E-state index in [1.807, 2.05) is 0 Å². The van der Waals surface area contributed by atoms with E-state index in [1.165, 1.54) is 12.4 Å². The van der Waals surface area contributed by atoms with Crippen LogP contribution in [0.1, 0.15) is 12.8 Å². The molecule has 3 N–H and O–H groups in total. The normalized spacial score (nSPS) is 15.9. The third-order valence-corrected chi connectivity index (χ3v) is 2.82. The van der Waals surface area contributed by atoms with E-state index in [0.717, 1.165) is 18.9 Å². The zero-order valence-corrected chi connectivity index (χ0v) is 10.8. The van der Waals surface area contributed by atoms with Gasteiger partial charge in [0.2, 0.25) is 5.95 Å². The Labute approximate surface area is 113 Å². The van der Waals surface area contributed by atoms with Crippen LogP contribution in [0.25, 0.3) is 0 Å². The Morgan fingerprint density at radius 1 is 1.35 bits per heavy atom. The van der Waals surface area contributed by atoms with Gasteiger partial charge in [-0.25, -0.2) is 9.97 Å². The van der Waals surface area contributed by atoms with Crippen molar-refractivity contribution in [1.82, 2.24) is 9.97 Å². The van der Waals surface area contributed by atoms with E-state index in [1.54, 1.807) is 7.05 Å². The number of alkyl halides is 3. The van der Waals surface area contributed by atoms with Crippen LogP contribution in [0.2, 0.25) is 0 Å². The van der Waals surface area contributed by atoms with E-state index in [9.17, 15) is 13.2 Å². The fourth-order valence-corrected chi connectivity index (χ4v) is 1.54. The van der Waals surface area contributed by atoms with Gasteiger partial charge in [0.1, 0.15) is 5.71 Å². The van der Waals surface area contributed by atoms with Crippen LogP contribution in [0.4, 0.5) is 24.8 Å². The van der Waals surface area contributed by atoms with E-state index in [2.05, 4.69) is 20.6 Å². The zero-order chi connectivity index (χ0) is 14.8. The van der Waals surface area contributed by atoms with Gasteiger partial charge in [-0.05, 0) is 24.8 Å². The van der Waals surface area contributed by atoms with Gasteiger partial charge in [0.05, 0.1) is 18.1 Å². The van der Waals surface area contributed by atoms with Crippen LogP contribution in [-0.4, -0.2) is 28.9 Å². The van der Waals surface area contributed by atoms with Gasteiger partial charge in [-0.2, -0.15) is 13.2 Å². The first kappa shape index (κ1) is 14.3. The fraction of sp³-hybridized carbons (Fsp3) is 0.417. The Hall–Kier alpha value is -2.12. The third kappa shape index (κ3) is 3.69. The van der Waals surface area contributed by atoms with E-state index < -0.39 is 11.9 Å². The number of aromatic nitrogens is 2. The maximum Gasteiger partial charge on any atom is 0.432 e. The Balaban J connectivity index is 2.13. The van der Waals surface area contributed by atoms with Crippen LogP contribution in [0.15, 0.2) is 24.2 Å². The second-order valence-corrected chi connectivity index (χ2v) is 4.46. The number of halogens is 3. The fourth-order valence-electron chi connectivity index (χ4n) is 1.54. The summed E-state index contributed by atoms with van der Waals surface area (Å²) >= 11 is 0. The smallest absolute Gasteiger partial charge is 0.386 e. The quantitative estimate of drug-likeness (QED) is 0.727. The molecular formula is C12H14F3N5. The lowest BCUT2D eigenvalue weighted by Crippen LogP contribution is -2.21. The van der Waals surface area contributed by atoms with Crippen molar-refractivity contribution in [3.8, 4) is 0 Å². The monoisotopic (exact) mass is 285 g/mol. The molecule has 0 bridgehead atoms. The summed E-state index contributed by atoms with van der Waals surface area (Å²) in [6, 6.07) is 0. The Morgan fingerprint density at radius 3 is 2.40 bits per heavy atom. The van der Waals surface area contributed by atoms with E-state index in [-0.39, 0.29) is 11.9 Å². The molecule has 2 rings (SSSR count). The summed E-state index contributed by atoms with van der Waals surface area (Å²) in [4.78, 5) is 7.98. The first-order valence-electron chi connectivity index (χ1n) is 6.04. The minimum atomic E-state index is -4.64. The van der Waals surface area contributed by atoms with Crippen molar-refractivity contribution in [3.05, 3.63) is 24.2 Å². The Bertz CT molecular complexity index is 517. The maximum atomic E-state index is 12.4. The number of rotatable bonds is 5. The molecule has 1 aromatic rings. The average molecular weight is 285 g/mol. The second kappa shape index (κ2) is 5.48. The highest BCUT2D eigenvalue weighted by Crippen LogP contribution is 2.37. The number of hydrogen-bond acceptors (Lipinski definition) is 5. The molecule has 1 aliphatic rings.